The van der Waals surface area contributed by atoms with Gasteiger partial charge in [0.2, 0.25) is 5.91 Å². The molecule has 0 aliphatic carbocycles. The Morgan fingerprint density at radius 3 is 3.17 bits per heavy atom. The lowest BCUT2D eigenvalue weighted by atomic mass is 10.1. The van der Waals surface area contributed by atoms with Crippen LogP contribution in [0.4, 0.5) is 0 Å². The third-order valence-corrected chi connectivity index (χ3v) is 2.07. The Bertz CT molecular complexity index is 149. The minimum atomic E-state index is -0.0175. The zero-order valence-electron chi connectivity index (χ0n) is 7.31. The summed E-state index contributed by atoms with van der Waals surface area (Å²) < 4.78 is 0. The SMILES string of the molecule is NCCNC1CCCCNC1=O. The van der Waals surface area contributed by atoms with Gasteiger partial charge in [-0.2, -0.15) is 0 Å². The van der Waals surface area contributed by atoms with E-state index in [1.54, 1.807) is 0 Å². The summed E-state index contributed by atoms with van der Waals surface area (Å²) >= 11 is 0. The molecule has 1 unspecified atom stereocenters. The van der Waals surface area contributed by atoms with Crippen LogP contribution < -0.4 is 16.4 Å². The fourth-order valence-electron chi connectivity index (χ4n) is 1.39. The Kier molecular flexibility index (Phi) is 4.04. The van der Waals surface area contributed by atoms with Gasteiger partial charge in [0.15, 0.2) is 0 Å². The number of nitrogens with one attached hydrogen (secondary N) is 2. The first-order valence-electron chi connectivity index (χ1n) is 4.56. The highest BCUT2D eigenvalue weighted by atomic mass is 16.2. The molecule has 0 aromatic rings. The van der Waals surface area contributed by atoms with E-state index in [0.717, 1.165) is 32.4 Å². The van der Waals surface area contributed by atoms with Crippen molar-refractivity contribution < 1.29 is 4.79 Å². The summed E-state index contributed by atoms with van der Waals surface area (Å²) in [7, 11) is 0. The van der Waals surface area contributed by atoms with Gasteiger partial charge in [-0.25, -0.2) is 0 Å². The molecule has 12 heavy (non-hydrogen) atoms. The lowest BCUT2D eigenvalue weighted by Gasteiger charge is -2.13. The summed E-state index contributed by atoms with van der Waals surface area (Å²) in [4.78, 5) is 11.3. The summed E-state index contributed by atoms with van der Waals surface area (Å²) in [5, 5.41) is 5.99. The molecule has 0 radical (unpaired) electrons. The Morgan fingerprint density at radius 1 is 1.58 bits per heavy atom. The molecule has 1 atom stereocenters. The Labute approximate surface area is 72.9 Å². The smallest absolute Gasteiger partial charge is 0.237 e. The third-order valence-electron chi connectivity index (χ3n) is 2.07. The molecule has 4 heteroatoms. The Morgan fingerprint density at radius 2 is 2.42 bits per heavy atom. The van der Waals surface area contributed by atoms with Crippen LogP contribution in [0.25, 0.3) is 0 Å². The molecule has 70 valence electrons. The van der Waals surface area contributed by atoms with Crippen molar-refractivity contribution in [3.05, 3.63) is 0 Å². The van der Waals surface area contributed by atoms with Gasteiger partial charge in [-0.1, -0.05) is 0 Å². The first kappa shape index (κ1) is 9.48. The van der Waals surface area contributed by atoms with Crippen molar-refractivity contribution in [1.29, 1.82) is 0 Å². The van der Waals surface area contributed by atoms with E-state index in [2.05, 4.69) is 10.6 Å². The molecule has 1 saturated heterocycles. The molecule has 0 bridgehead atoms. The molecule has 1 aliphatic heterocycles. The maximum absolute atomic E-state index is 11.3. The van der Waals surface area contributed by atoms with Crippen LogP contribution in [-0.2, 0) is 4.79 Å². The number of rotatable bonds is 3. The van der Waals surface area contributed by atoms with Gasteiger partial charge in [-0.05, 0) is 19.3 Å². The maximum atomic E-state index is 11.3. The molecule has 0 saturated carbocycles. The molecule has 4 N–H and O–H groups in total. The van der Waals surface area contributed by atoms with E-state index < -0.39 is 0 Å². The Balaban J connectivity index is 2.31. The van der Waals surface area contributed by atoms with Crippen molar-refractivity contribution in [2.75, 3.05) is 19.6 Å². The van der Waals surface area contributed by atoms with Crippen molar-refractivity contribution in [1.82, 2.24) is 10.6 Å². The van der Waals surface area contributed by atoms with Crippen molar-refractivity contribution in [3.63, 3.8) is 0 Å². The first-order valence-corrected chi connectivity index (χ1v) is 4.56. The monoisotopic (exact) mass is 171 g/mol. The standard InChI is InChI=1S/C8H17N3O/c9-4-6-10-7-3-1-2-5-11-8(7)12/h7,10H,1-6,9H2,(H,11,12). The zero-order chi connectivity index (χ0) is 8.81. The van der Waals surface area contributed by atoms with Gasteiger partial charge in [0.25, 0.3) is 0 Å². The van der Waals surface area contributed by atoms with E-state index in [4.69, 9.17) is 5.73 Å². The highest BCUT2D eigenvalue weighted by Crippen LogP contribution is 2.04. The third kappa shape index (κ3) is 2.79. The van der Waals surface area contributed by atoms with Crippen molar-refractivity contribution in [3.8, 4) is 0 Å². The van der Waals surface area contributed by atoms with Crippen LogP contribution in [0.3, 0.4) is 0 Å². The van der Waals surface area contributed by atoms with E-state index in [9.17, 15) is 4.79 Å². The quantitative estimate of drug-likeness (QED) is 0.521. The van der Waals surface area contributed by atoms with Crippen LogP contribution >= 0.6 is 0 Å². The van der Waals surface area contributed by atoms with Crippen LogP contribution in [-0.4, -0.2) is 31.6 Å². The minimum absolute atomic E-state index is 0.0175. The van der Waals surface area contributed by atoms with Crippen molar-refractivity contribution >= 4 is 5.91 Å². The van der Waals surface area contributed by atoms with E-state index in [1.165, 1.54) is 0 Å². The molecule has 1 amide bonds. The molecule has 0 spiro atoms. The number of amides is 1. The van der Waals surface area contributed by atoms with Gasteiger partial charge in [-0.3, -0.25) is 4.79 Å². The molecule has 0 aromatic heterocycles. The van der Waals surface area contributed by atoms with E-state index in [0.29, 0.717) is 6.54 Å². The van der Waals surface area contributed by atoms with Crippen molar-refractivity contribution in [2.45, 2.75) is 25.3 Å². The van der Waals surface area contributed by atoms with Crippen LogP contribution in [0, 0.1) is 0 Å². The van der Waals surface area contributed by atoms with Gasteiger partial charge in [0.1, 0.15) is 0 Å². The molecule has 1 aliphatic rings. The van der Waals surface area contributed by atoms with Gasteiger partial charge < -0.3 is 16.4 Å². The highest BCUT2D eigenvalue weighted by Gasteiger charge is 2.18. The number of nitrogens with two attached hydrogens (primary N) is 1. The molecule has 1 heterocycles. The zero-order valence-corrected chi connectivity index (χ0v) is 7.31. The second-order valence-electron chi connectivity index (χ2n) is 3.08. The molecular formula is C8H17N3O. The van der Waals surface area contributed by atoms with Gasteiger partial charge in [0, 0.05) is 19.6 Å². The molecular weight excluding hydrogens is 154 g/mol. The summed E-state index contributed by atoms with van der Waals surface area (Å²) in [6.07, 6.45) is 3.14. The normalized spacial score (nSPS) is 24.8. The first-order chi connectivity index (χ1) is 5.84. The summed E-state index contributed by atoms with van der Waals surface area (Å²) in [6.45, 7) is 2.13. The van der Waals surface area contributed by atoms with Crippen LogP contribution in [0.15, 0.2) is 0 Å². The molecule has 0 aromatic carbocycles. The van der Waals surface area contributed by atoms with Gasteiger partial charge in [0.05, 0.1) is 6.04 Å². The topological polar surface area (TPSA) is 67.2 Å². The number of hydrogen-bond donors (Lipinski definition) is 3. The van der Waals surface area contributed by atoms with E-state index in [1.807, 2.05) is 0 Å². The van der Waals surface area contributed by atoms with E-state index in [-0.39, 0.29) is 11.9 Å². The fourth-order valence-corrected chi connectivity index (χ4v) is 1.39. The summed E-state index contributed by atoms with van der Waals surface area (Å²) in [6, 6.07) is -0.0175. The predicted octanol–water partition coefficient (Wildman–Crippen LogP) is -0.797. The number of carbonyl (C=O) groups excluding carboxylic acids is 1. The summed E-state index contributed by atoms with van der Waals surface area (Å²) in [5.74, 6) is 0.126. The highest BCUT2D eigenvalue weighted by molar-refractivity contribution is 5.81. The lowest BCUT2D eigenvalue weighted by molar-refractivity contribution is -0.122. The lowest BCUT2D eigenvalue weighted by Crippen LogP contribution is -2.44. The average molecular weight is 171 g/mol. The van der Waals surface area contributed by atoms with Crippen molar-refractivity contribution in [2.24, 2.45) is 5.73 Å². The number of hydrogen-bond acceptors (Lipinski definition) is 3. The van der Waals surface area contributed by atoms with Crippen LogP contribution in [0.5, 0.6) is 0 Å². The average Bonchev–Trinajstić information content (AvgIpc) is 2.27. The van der Waals surface area contributed by atoms with Crippen LogP contribution in [0.2, 0.25) is 0 Å². The van der Waals surface area contributed by atoms with Crippen LogP contribution in [0.1, 0.15) is 19.3 Å². The number of carbonyl (C=O) groups is 1. The predicted molar refractivity (Wildman–Crippen MR) is 47.7 cm³/mol. The second kappa shape index (κ2) is 5.11. The molecule has 1 fully saturated rings. The van der Waals surface area contributed by atoms with Gasteiger partial charge in [-0.15, -0.1) is 0 Å². The maximum Gasteiger partial charge on any atom is 0.237 e. The molecule has 1 rings (SSSR count). The molecule has 4 nitrogen and oxygen atoms in total. The largest absolute Gasteiger partial charge is 0.355 e. The second-order valence-corrected chi connectivity index (χ2v) is 3.08. The van der Waals surface area contributed by atoms with E-state index >= 15 is 0 Å². The fraction of sp³-hybridized carbons (Fsp3) is 0.875. The summed E-state index contributed by atoms with van der Waals surface area (Å²) in [5.41, 5.74) is 5.34. The Hall–Kier alpha value is -0.610. The van der Waals surface area contributed by atoms with Gasteiger partial charge >= 0.3 is 0 Å². The minimum Gasteiger partial charge on any atom is -0.355 e.